The zero-order valence-electron chi connectivity index (χ0n) is 10.3. The van der Waals surface area contributed by atoms with Crippen LogP contribution in [0.5, 0.6) is 5.75 Å². The van der Waals surface area contributed by atoms with Gasteiger partial charge in [0.05, 0.1) is 18.2 Å². The maximum absolute atomic E-state index is 11.7. The van der Waals surface area contributed by atoms with Crippen LogP contribution in [-0.2, 0) is 4.79 Å². The van der Waals surface area contributed by atoms with E-state index < -0.39 is 0 Å². The highest BCUT2D eigenvalue weighted by Gasteiger charge is 2.33. The highest BCUT2D eigenvalue weighted by atomic mass is 16.3. The molecule has 0 spiro atoms. The van der Waals surface area contributed by atoms with Crippen molar-refractivity contribution in [1.29, 1.82) is 0 Å². The van der Waals surface area contributed by atoms with Gasteiger partial charge in [0, 0.05) is 5.56 Å². The number of phenolic OH excluding ortho intramolecular Hbond substituents is 1. The van der Waals surface area contributed by atoms with Gasteiger partial charge in [-0.25, -0.2) is 0 Å². The summed E-state index contributed by atoms with van der Waals surface area (Å²) in [5.74, 6) is 0.169. The number of rotatable bonds is 2. The van der Waals surface area contributed by atoms with E-state index in [2.05, 4.69) is 5.43 Å². The number of carbonyl (C=O) groups is 1. The molecule has 4 heteroatoms. The third kappa shape index (κ3) is 2.12. The van der Waals surface area contributed by atoms with E-state index in [1.807, 2.05) is 42.5 Å². The van der Waals surface area contributed by atoms with Gasteiger partial charge >= 0.3 is 0 Å². The Bertz CT molecular complexity index is 598. The lowest BCUT2D eigenvalue weighted by atomic mass is 10.0. The van der Waals surface area contributed by atoms with Crippen molar-refractivity contribution < 1.29 is 9.90 Å². The Morgan fingerprint density at radius 3 is 2.47 bits per heavy atom. The Morgan fingerprint density at radius 1 is 1.05 bits per heavy atom. The Labute approximate surface area is 111 Å². The quantitative estimate of drug-likeness (QED) is 0.865. The lowest BCUT2D eigenvalue weighted by Crippen LogP contribution is -2.34. The van der Waals surface area contributed by atoms with Crippen molar-refractivity contribution in [3.63, 3.8) is 0 Å². The van der Waals surface area contributed by atoms with E-state index in [4.69, 9.17) is 0 Å². The van der Waals surface area contributed by atoms with Crippen LogP contribution in [0.1, 0.15) is 18.0 Å². The molecule has 1 aliphatic heterocycles. The fraction of sp³-hybridized carbons (Fsp3) is 0.133. The van der Waals surface area contributed by atoms with Gasteiger partial charge in [0.1, 0.15) is 5.75 Å². The molecule has 1 fully saturated rings. The second-order valence-electron chi connectivity index (χ2n) is 4.52. The molecule has 1 aliphatic rings. The summed E-state index contributed by atoms with van der Waals surface area (Å²) < 4.78 is 0. The van der Waals surface area contributed by atoms with Crippen LogP contribution in [0.25, 0.3) is 0 Å². The van der Waals surface area contributed by atoms with Crippen LogP contribution in [-0.4, -0.2) is 11.0 Å². The van der Waals surface area contributed by atoms with Crippen molar-refractivity contribution in [3.8, 4) is 5.75 Å². The first kappa shape index (κ1) is 11.6. The Balaban J connectivity index is 2.00. The summed E-state index contributed by atoms with van der Waals surface area (Å²) in [5, 5.41) is 11.8. The standard InChI is InChI=1S/C15H14N2O2/c18-14-9-5-4-8-12(14)13-10-15(19)16-17(13)11-6-2-1-3-7-11/h1-9,13,18H,10H2,(H,16,19). The average molecular weight is 254 g/mol. The van der Waals surface area contributed by atoms with Crippen LogP contribution in [0.3, 0.4) is 0 Å². The van der Waals surface area contributed by atoms with Crippen molar-refractivity contribution in [2.24, 2.45) is 0 Å². The molecule has 19 heavy (non-hydrogen) atoms. The Kier molecular flexibility index (Phi) is 2.83. The van der Waals surface area contributed by atoms with E-state index in [-0.39, 0.29) is 17.7 Å². The highest BCUT2D eigenvalue weighted by Crippen LogP contribution is 2.35. The minimum atomic E-state index is -0.184. The first-order valence-electron chi connectivity index (χ1n) is 6.17. The number of aromatic hydroxyl groups is 1. The molecular formula is C15H14N2O2. The lowest BCUT2D eigenvalue weighted by molar-refractivity contribution is -0.119. The monoisotopic (exact) mass is 254 g/mol. The predicted octanol–water partition coefficient (Wildman–Crippen LogP) is 2.37. The fourth-order valence-electron chi connectivity index (χ4n) is 2.38. The molecule has 96 valence electrons. The van der Waals surface area contributed by atoms with Gasteiger partial charge in [-0.15, -0.1) is 0 Å². The van der Waals surface area contributed by atoms with Crippen molar-refractivity contribution in [2.75, 3.05) is 5.01 Å². The summed E-state index contributed by atoms with van der Waals surface area (Å²) in [6, 6.07) is 16.6. The number of carbonyl (C=O) groups excluding carboxylic acids is 1. The molecule has 0 bridgehead atoms. The summed E-state index contributed by atoms with van der Waals surface area (Å²) in [7, 11) is 0. The molecule has 1 unspecified atom stereocenters. The van der Waals surface area contributed by atoms with Crippen molar-refractivity contribution in [2.45, 2.75) is 12.5 Å². The van der Waals surface area contributed by atoms with Crippen LogP contribution in [0.2, 0.25) is 0 Å². The molecule has 2 N–H and O–H groups in total. The number of anilines is 1. The summed E-state index contributed by atoms with van der Waals surface area (Å²) >= 11 is 0. The number of benzene rings is 2. The Hall–Kier alpha value is -2.49. The van der Waals surface area contributed by atoms with E-state index >= 15 is 0 Å². The van der Waals surface area contributed by atoms with Crippen molar-refractivity contribution in [1.82, 2.24) is 5.43 Å². The number of nitrogens with zero attached hydrogens (tertiary/aromatic N) is 1. The molecule has 2 aromatic rings. The van der Waals surface area contributed by atoms with E-state index in [0.717, 1.165) is 11.3 Å². The molecule has 1 saturated heterocycles. The summed E-state index contributed by atoms with van der Waals surface area (Å²) in [4.78, 5) is 11.7. The maximum atomic E-state index is 11.7. The lowest BCUT2D eigenvalue weighted by Gasteiger charge is -2.26. The number of hydrogen-bond acceptors (Lipinski definition) is 3. The molecule has 0 aromatic heterocycles. The smallest absolute Gasteiger partial charge is 0.241 e. The van der Waals surface area contributed by atoms with E-state index in [9.17, 15) is 9.90 Å². The Morgan fingerprint density at radius 2 is 1.74 bits per heavy atom. The molecule has 0 saturated carbocycles. The number of para-hydroxylation sites is 2. The van der Waals surface area contributed by atoms with Gasteiger partial charge in [-0.05, 0) is 18.2 Å². The fourth-order valence-corrected chi connectivity index (χ4v) is 2.38. The van der Waals surface area contributed by atoms with Crippen molar-refractivity contribution >= 4 is 11.6 Å². The third-order valence-corrected chi connectivity index (χ3v) is 3.27. The van der Waals surface area contributed by atoms with Gasteiger partial charge in [0.2, 0.25) is 5.91 Å². The molecule has 1 atom stereocenters. The zero-order chi connectivity index (χ0) is 13.2. The van der Waals surface area contributed by atoms with E-state index in [0.29, 0.717) is 6.42 Å². The minimum absolute atomic E-state index is 0.0443. The van der Waals surface area contributed by atoms with Crippen LogP contribution in [0.15, 0.2) is 54.6 Å². The largest absolute Gasteiger partial charge is 0.508 e. The molecule has 1 heterocycles. The van der Waals surface area contributed by atoms with Gasteiger partial charge in [0.25, 0.3) is 0 Å². The van der Waals surface area contributed by atoms with Gasteiger partial charge < -0.3 is 5.11 Å². The highest BCUT2D eigenvalue weighted by molar-refractivity contribution is 5.83. The third-order valence-electron chi connectivity index (χ3n) is 3.27. The molecule has 1 amide bonds. The number of hydrogen-bond donors (Lipinski definition) is 2. The number of phenols is 1. The zero-order valence-corrected chi connectivity index (χ0v) is 10.3. The first-order chi connectivity index (χ1) is 9.25. The first-order valence-corrected chi connectivity index (χ1v) is 6.17. The predicted molar refractivity (Wildman–Crippen MR) is 72.5 cm³/mol. The van der Waals surface area contributed by atoms with E-state index in [1.54, 1.807) is 17.1 Å². The van der Waals surface area contributed by atoms with Crippen LogP contribution < -0.4 is 10.4 Å². The normalized spacial score (nSPS) is 18.4. The minimum Gasteiger partial charge on any atom is -0.508 e. The SMILES string of the molecule is O=C1CC(c2ccccc2O)N(c2ccccc2)N1. The molecule has 2 aromatic carbocycles. The second-order valence-corrected chi connectivity index (χ2v) is 4.52. The van der Waals surface area contributed by atoms with Crippen LogP contribution in [0.4, 0.5) is 5.69 Å². The van der Waals surface area contributed by atoms with E-state index in [1.165, 1.54) is 0 Å². The summed E-state index contributed by atoms with van der Waals surface area (Å²) in [5.41, 5.74) is 4.49. The van der Waals surface area contributed by atoms with Crippen LogP contribution >= 0.6 is 0 Å². The van der Waals surface area contributed by atoms with Gasteiger partial charge in [0.15, 0.2) is 0 Å². The summed E-state index contributed by atoms with van der Waals surface area (Å²) in [6.45, 7) is 0. The van der Waals surface area contributed by atoms with Crippen molar-refractivity contribution in [3.05, 3.63) is 60.2 Å². The molecule has 0 aliphatic carbocycles. The second kappa shape index (κ2) is 4.65. The summed E-state index contributed by atoms with van der Waals surface area (Å²) in [6.07, 6.45) is 0.340. The number of hydrazine groups is 1. The van der Waals surface area contributed by atoms with Gasteiger partial charge in [-0.1, -0.05) is 36.4 Å². The molecule has 4 nitrogen and oxygen atoms in total. The van der Waals surface area contributed by atoms with Crippen LogP contribution in [0, 0.1) is 0 Å². The molecular weight excluding hydrogens is 240 g/mol. The number of amides is 1. The maximum Gasteiger partial charge on any atom is 0.241 e. The topological polar surface area (TPSA) is 52.6 Å². The molecule has 0 radical (unpaired) electrons. The van der Waals surface area contributed by atoms with Gasteiger partial charge in [-0.3, -0.25) is 15.2 Å². The van der Waals surface area contributed by atoms with Gasteiger partial charge in [-0.2, -0.15) is 0 Å². The molecule has 3 rings (SSSR count). The average Bonchev–Trinajstić information content (AvgIpc) is 2.82. The number of nitrogens with one attached hydrogen (secondary N) is 1.